The molecule has 0 bridgehead atoms. The number of carbonyl (C=O) groups is 1. The van der Waals surface area contributed by atoms with Crippen molar-refractivity contribution in [1.29, 1.82) is 0 Å². The molecule has 1 N–H and O–H groups in total. The predicted octanol–water partition coefficient (Wildman–Crippen LogP) is 4.71. The summed E-state index contributed by atoms with van der Waals surface area (Å²) in [6, 6.07) is 14.5. The number of hydrogen-bond acceptors (Lipinski definition) is 4. The van der Waals surface area contributed by atoms with Gasteiger partial charge >= 0.3 is 0 Å². The molecule has 0 fully saturated rings. The maximum Gasteiger partial charge on any atom is 0.257 e. The van der Waals surface area contributed by atoms with Crippen LogP contribution < -0.4 is 5.32 Å². The summed E-state index contributed by atoms with van der Waals surface area (Å²) in [6.07, 6.45) is 2.74. The lowest BCUT2D eigenvalue weighted by Crippen LogP contribution is -2.13. The minimum absolute atomic E-state index is 0.0439. The zero-order valence-electron chi connectivity index (χ0n) is 14.1. The molecule has 0 unspecified atom stereocenters. The van der Waals surface area contributed by atoms with Gasteiger partial charge in [0.1, 0.15) is 0 Å². The van der Waals surface area contributed by atoms with Gasteiger partial charge in [-0.05, 0) is 48.5 Å². The van der Waals surface area contributed by atoms with E-state index in [9.17, 15) is 13.2 Å². The van der Waals surface area contributed by atoms with Crippen molar-refractivity contribution in [2.75, 3.05) is 11.6 Å². The van der Waals surface area contributed by atoms with E-state index in [4.69, 9.17) is 23.2 Å². The number of aromatic nitrogens is 1. The molecule has 0 aliphatic heterocycles. The van der Waals surface area contributed by atoms with E-state index in [2.05, 4.69) is 10.3 Å². The average Bonchev–Trinajstić information content (AvgIpc) is 2.61. The molecule has 0 radical (unpaired) electrons. The molecule has 1 amide bonds. The zero-order chi connectivity index (χ0) is 19.6. The van der Waals surface area contributed by atoms with Crippen molar-refractivity contribution in [3.63, 3.8) is 0 Å². The van der Waals surface area contributed by atoms with Crippen LogP contribution in [0, 0.1) is 0 Å². The van der Waals surface area contributed by atoms with Gasteiger partial charge in [0.15, 0.2) is 9.84 Å². The van der Waals surface area contributed by atoms with Gasteiger partial charge in [0, 0.05) is 28.7 Å². The SMILES string of the molecule is CS(=O)(=O)c1ccc(C(=O)Nc2cc(Cl)cc(-c3ccccn3)c2)c(Cl)c1. The van der Waals surface area contributed by atoms with Crippen LogP contribution in [0.15, 0.2) is 65.7 Å². The molecule has 3 aromatic rings. The summed E-state index contributed by atoms with van der Waals surface area (Å²) in [5.74, 6) is -0.478. The lowest BCUT2D eigenvalue weighted by Gasteiger charge is -2.10. The van der Waals surface area contributed by atoms with Crippen LogP contribution in [-0.4, -0.2) is 25.6 Å². The summed E-state index contributed by atoms with van der Waals surface area (Å²) in [4.78, 5) is 16.9. The van der Waals surface area contributed by atoms with Crippen molar-refractivity contribution >= 4 is 44.6 Å². The Hall–Kier alpha value is -2.41. The van der Waals surface area contributed by atoms with E-state index in [1.807, 2.05) is 12.1 Å². The number of nitrogens with zero attached hydrogens (tertiary/aromatic N) is 1. The van der Waals surface area contributed by atoms with Crippen molar-refractivity contribution < 1.29 is 13.2 Å². The third-order valence-electron chi connectivity index (χ3n) is 3.73. The first-order chi connectivity index (χ1) is 12.7. The summed E-state index contributed by atoms with van der Waals surface area (Å²) < 4.78 is 23.2. The fourth-order valence-corrected chi connectivity index (χ4v) is 3.67. The molecule has 27 heavy (non-hydrogen) atoms. The van der Waals surface area contributed by atoms with E-state index in [1.54, 1.807) is 30.5 Å². The van der Waals surface area contributed by atoms with Gasteiger partial charge in [0.25, 0.3) is 5.91 Å². The van der Waals surface area contributed by atoms with E-state index in [0.717, 1.165) is 11.8 Å². The summed E-state index contributed by atoms with van der Waals surface area (Å²) in [7, 11) is -3.41. The monoisotopic (exact) mass is 420 g/mol. The maximum absolute atomic E-state index is 12.6. The first-order valence-electron chi connectivity index (χ1n) is 7.77. The van der Waals surface area contributed by atoms with Gasteiger partial charge in [-0.1, -0.05) is 29.3 Å². The normalized spacial score (nSPS) is 11.2. The highest BCUT2D eigenvalue weighted by molar-refractivity contribution is 7.90. The fraction of sp³-hybridized carbons (Fsp3) is 0.0526. The highest BCUT2D eigenvalue weighted by Crippen LogP contribution is 2.27. The van der Waals surface area contributed by atoms with Crippen LogP contribution in [0.1, 0.15) is 10.4 Å². The molecule has 0 atom stereocenters. The number of pyridine rings is 1. The molecule has 0 aliphatic carbocycles. The number of sulfone groups is 1. The number of hydrogen-bond donors (Lipinski definition) is 1. The quantitative estimate of drug-likeness (QED) is 0.662. The molecule has 0 saturated heterocycles. The van der Waals surface area contributed by atoms with Crippen LogP contribution >= 0.6 is 23.2 Å². The number of carbonyl (C=O) groups excluding carboxylic acids is 1. The van der Waals surface area contributed by atoms with Crippen LogP contribution in [0.4, 0.5) is 5.69 Å². The predicted molar refractivity (Wildman–Crippen MR) is 107 cm³/mol. The van der Waals surface area contributed by atoms with Crippen LogP contribution in [-0.2, 0) is 9.84 Å². The molecule has 8 heteroatoms. The molecular formula is C19H14Cl2N2O3S. The average molecular weight is 421 g/mol. The lowest BCUT2D eigenvalue weighted by molar-refractivity contribution is 0.102. The largest absolute Gasteiger partial charge is 0.322 e. The second-order valence-electron chi connectivity index (χ2n) is 5.81. The van der Waals surface area contributed by atoms with Crippen LogP contribution in [0.3, 0.4) is 0 Å². The molecule has 138 valence electrons. The van der Waals surface area contributed by atoms with Crippen molar-refractivity contribution in [2.45, 2.75) is 4.90 Å². The first kappa shape index (κ1) is 19.4. The van der Waals surface area contributed by atoms with Gasteiger partial charge in [-0.15, -0.1) is 0 Å². The van der Waals surface area contributed by atoms with Gasteiger partial charge in [-0.3, -0.25) is 9.78 Å². The molecule has 1 heterocycles. The molecule has 0 saturated carbocycles. The number of halogens is 2. The molecule has 2 aromatic carbocycles. The summed E-state index contributed by atoms with van der Waals surface area (Å²) in [5, 5.41) is 3.20. The van der Waals surface area contributed by atoms with Crippen molar-refractivity contribution in [3.8, 4) is 11.3 Å². The van der Waals surface area contributed by atoms with E-state index < -0.39 is 15.7 Å². The summed E-state index contributed by atoms with van der Waals surface area (Å²) in [5.41, 5.74) is 2.09. The topological polar surface area (TPSA) is 76.1 Å². The Morgan fingerprint density at radius 1 is 1.04 bits per heavy atom. The highest BCUT2D eigenvalue weighted by Gasteiger charge is 2.15. The minimum atomic E-state index is -3.41. The third-order valence-corrected chi connectivity index (χ3v) is 5.37. The van der Waals surface area contributed by atoms with E-state index in [1.165, 1.54) is 18.2 Å². The lowest BCUT2D eigenvalue weighted by atomic mass is 10.1. The van der Waals surface area contributed by atoms with E-state index in [-0.39, 0.29) is 15.5 Å². The number of anilines is 1. The third kappa shape index (κ3) is 4.66. The van der Waals surface area contributed by atoms with Gasteiger partial charge in [0.2, 0.25) is 0 Å². The molecule has 0 spiro atoms. The smallest absolute Gasteiger partial charge is 0.257 e. The maximum atomic E-state index is 12.6. The van der Waals surface area contributed by atoms with Gasteiger partial charge in [-0.2, -0.15) is 0 Å². The van der Waals surface area contributed by atoms with Gasteiger partial charge in [-0.25, -0.2) is 8.42 Å². The van der Waals surface area contributed by atoms with E-state index in [0.29, 0.717) is 16.4 Å². The minimum Gasteiger partial charge on any atom is -0.322 e. The Labute approximate surface area is 166 Å². The second kappa shape index (κ2) is 7.68. The Kier molecular flexibility index (Phi) is 5.51. The molecule has 1 aromatic heterocycles. The Morgan fingerprint density at radius 3 is 2.44 bits per heavy atom. The fourth-order valence-electron chi connectivity index (χ4n) is 2.45. The van der Waals surface area contributed by atoms with E-state index >= 15 is 0 Å². The second-order valence-corrected chi connectivity index (χ2v) is 8.67. The molecule has 5 nitrogen and oxygen atoms in total. The Morgan fingerprint density at radius 2 is 1.81 bits per heavy atom. The molecular weight excluding hydrogens is 407 g/mol. The standard InChI is InChI=1S/C19H14Cl2N2O3S/c1-27(25,26)15-5-6-16(17(21)11-15)19(24)23-14-9-12(8-13(20)10-14)18-4-2-3-7-22-18/h2-11H,1H3,(H,23,24). The summed E-state index contributed by atoms with van der Waals surface area (Å²) in [6.45, 7) is 0. The number of benzene rings is 2. The number of amides is 1. The van der Waals surface area contributed by atoms with Crippen molar-refractivity contribution in [2.24, 2.45) is 0 Å². The van der Waals surface area contributed by atoms with Crippen LogP contribution in [0.25, 0.3) is 11.3 Å². The van der Waals surface area contributed by atoms with Crippen molar-refractivity contribution in [1.82, 2.24) is 4.98 Å². The van der Waals surface area contributed by atoms with Crippen molar-refractivity contribution in [3.05, 3.63) is 76.4 Å². The number of rotatable bonds is 4. The molecule has 3 rings (SSSR count). The highest BCUT2D eigenvalue weighted by atomic mass is 35.5. The van der Waals surface area contributed by atoms with Gasteiger partial charge < -0.3 is 5.32 Å². The van der Waals surface area contributed by atoms with Crippen LogP contribution in [0.5, 0.6) is 0 Å². The zero-order valence-corrected chi connectivity index (χ0v) is 16.4. The van der Waals surface area contributed by atoms with Crippen LogP contribution in [0.2, 0.25) is 10.0 Å². The summed E-state index contributed by atoms with van der Waals surface area (Å²) >= 11 is 12.3. The molecule has 0 aliphatic rings. The number of nitrogens with one attached hydrogen (secondary N) is 1. The Bertz CT molecular complexity index is 1120. The Balaban J connectivity index is 1.90. The first-order valence-corrected chi connectivity index (χ1v) is 10.4. The van der Waals surface area contributed by atoms with Gasteiger partial charge in [0.05, 0.1) is 21.2 Å².